The van der Waals surface area contributed by atoms with Crippen LogP contribution >= 0.6 is 0 Å². The van der Waals surface area contributed by atoms with Gasteiger partial charge in [-0.25, -0.2) is 0 Å². The van der Waals surface area contributed by atoms with E-state index in [0.29, 0.717) is 12.1 Å². The number of hydrogen-bond acceptors (Lipinski definition) is 5. The summed E-state index contributed by atoms with van der Waals surface area (Å²) in [5.74, 6) is 0. The Labute approximate surface area is 100 Å². The first kappa shape index (κ1) is 12.3. The van der Waals surface area contributed by atoms with Gasteiger partial charge < -0.3 is 20.7 Å². The van der Waals surface area contributed by atoms with E-state index in [-0.39, 0.29) is 6.10 Å². The van der Waals surface area contributed by atoms with Gasteiger partial charge in [-0.05, 0) is 19.9 Å². The van der Waals surface area contributed by atoms with Gasteiger partial charge in [0.05, 0.1) is 30.2 Å². The maximum Gasteiger partial charge on any atom is 0.114 e. The zero-order chi connectivity index (χ0) is 12.6. The Morgan fingerprint density at radius 3 is 2.88 bits per heavy atom. The molecule has 2 heterocycles. The summed E-state index contributed by atoms with van der Waals surface area (Å²) in [6, 6.07) is 1.78. The monoisotopic (exact) mass is 238 g/mol. The van der Waals surface area contributed by atoms with Crippen LogP contribution in [0.1, 0.15) is 31.9 Å². The lowest BCUT2D eigenvalue weighted by atomic mass is 9.85. The van der Waals surface area contributed by atoms with E-state index in [9.17, 15) is 10.2 Å². The first-order valence-electron chi connectivity index (χ1n) is 5.68. The zero-order valence-electron chi connectivity index (χ0n) is 10.00. The summed E-state index contributed by atoms with van der Waals surface area (Å²) < 4.78 is 5.72. The van der Waals surface area contributed by atoms with Crippen molar-refractivity contribution in [1.82, 2.24) is 4.98 Å². The molecule has 0 aromatic carbocycles. The van der Waals surface area contributed by atoms with Gasteiger partial charge in [0.15, 0.2) is 0 Å². The number of anilines is 1. The van der Waals surface area contributed by atoms with Crippen molar-refractivity contribution >= 4 is 5.69 Å². The second-order valence-electron chi connectivity index (χ2n) is 4.75. The molecular formula is C12H18N2O3. The van der Waals surface area contributed by atoms with Crippen molar-refractivity contribution in [2.75, 3.05) is 5.73 Å². The van der Waals surface area contributed by atoms with Crippen molar-refractivity contribution in [3.8, 4) is 0 Å². The molecule has 4 N–H and O–H groups in total. The van der Waals surface area contributed by atoms with Crippen LogP contribution in [0.4, 0.5) is 5.69 Å². The standard InChI is InChI=1S/C12H18N2O3/c1-7-12(2,16)11(15)5-10(17-7)8-3-4-14-6-9(8)13/h3-4,6-7,10-11,15-16H,5,13H2,1-2H3/t7-,10-,11-,12-/m1/s1. The summed E-state index contributed by atoms with van der Waals surface area (Å²) >= 11 is 0. The fourth-order valence-electron chi connectivity index (χ4n) is 2.06. The first-order chi connectivity index (χ1) is 7.93. The van der Waals surface area contributed by atoms with Gasteiger partial charge in [0.2, 0.25) is 0 Å². The van der Waals surface area contributed by atoms with Gasteiger partial charge in [-0.3, -0.25) is 4.98 Å². The van der Waals surface area contributed by atoms with E-state index in [1.165, 1.54) is 0 Å². The summed E-state index contributed by atoms with van der Waals surface area (Å²) in [5.41, 5.74) is 5.95. The number of hydrogen-bond donors (Lipinski definition) is 3. The molecular weight excluding hydrogens is 220 g/mol. The highest BCUT2D eigenvalue weighted by Crippen LogP contribution is 2.38. The fraction of sp³-hybridized carbons (Fsp3) is 0.583. The van der Waals surface area contributed by atoms with E-state index in [0.717, 1.165) is 5.56 Å². The van der Waals surface area contributed by atoms with Gasteiger partial charge in [-0.1, -0.05) is 0 Å². The molecule has 1 fully saturated rings. The van der Waals surface area contributed by atoms with Crippen molar-refractivity contribution in [2.24, 2.45) is 0 Å². The van der Waals surface area contributed by atoms with Gasteiger partial charge in [0.25, 0.3) is 0 Å². The lowest BCUT2D eigenvalue weighted by molar-refractivity contribution is -0.215. The minimum Gasteiger partial charge on any atom is -0.397 e. The highest BCUT2D eigenvalue weighted by atomic mass is 16.5. The lowest BCUT2D eigenvalue weighted by Gasteiger charge is -2.43. The highest BCUT2D eigenvalue weighted by Gasteiger charge is 2.44. The highest BCUT2D eigenvalue weighted by molar-refractivity contribution is 5.45. The van der Waals surface area contributed by atoms with Gasteiger partial charge in [0.1, 0.15) is 5.60 Å². The number of nitrogen functional groups attached to an aromatic ring is 1. The molecule has 5 nitrogen and oxygen atoms in total. The molecule has 0 radical (unpaired) electrons. The molecule has 17 heavy (non-hydrogen) atoms. The molecule has 1 aromatic rings. The molecule has 0 amide bonds. The predicted octanol–water partition coefficient (Wildman–Crippen LogP) is 0.626. The van der Waals surface area contributed by atoms with Crippen LogP contribution in [0.3, 0.4) is 0 Å². The molecule has 1 aromatic heterocycles. The second kappa shape index (κ2) is 4.25. The zero-order valence-corrected chi connectivity index (χ0v) is 10.00. The SMILES string of the molecule is C[C@H]1O[C@@H](c2ccncc2N)C[C@@H](O)[C@]1(C)O. The average Bonchev–Trinajstić information content (AvgIpc) is 2.26. The topological polar surface area (TPSA) is 88.6 Å². The third-order valence-corrected chi connectivity index (χ3v) is 3.54. The molecule has 0 spiro atoms. The Morgan fingerprint density at radius 2 is 2.29 bits per heavy atom. The third-order valence-electron chi connectivity index (χ3n) is 3.54. The van der Waals surface area contributed by atoms with Gasteiger partial charge in [-0.15, -0.1) is 0 Å². The number of aliphatic hydroxyl groups excluding tert-OH is 1. The quantitative estimate of drug-likeness (QED) is 0.667. The molecule has 1 aliphatic heterocycles. The third kappa shape index (κ3) is 2.13. The number of ether oxygens (including phenoxy) is 1. The van der Waals surface area contributed by atoms with Crippen molar-refractivity contribution in [3.63, 3.8) is 0 Å². The second-order valence-corrected chi connectivity index (χ2v) is 4.75. The van der Waals surface area contributed by atoms with Gasteiger partial charge in [0, 0.05) is 18.2 Å². The maximum atomic E-state index is 10.0. The minimum absolute atomic E-state index is 0.303. The molecule has 5 heteroatoms. The van der Waals surface area contributed by atoms with Crippen LogP contribution in [-0.2, 0) is 4.74 Å². The Kier molecular flexibility index (Phi) is 3.07. The van der Waals surface area contributed by atoms with Crippen molar-refractivity contribution in [3.05, 3.63) is 24.0 Å². The van der Waals surface area contributed by atoms with E-state index >= 15 is 0 Å². The van der Waals surface area contributed by atoms with Crippen LogP contribution in [0.25, 0.3) is 0 Å². The number of pyridine rings is 1. The summed E-state index contributed by atoms with van der Waals surface area (Å²) in [6.45, 7) is 3.32. The minimum atomic E-state index is -1.22. The molecule has 0 saturated carbocycles. The van der Waals surface area contributed by atoms with E-state index in [1.807, 2.05) is 0 Å². The van der Waals surface area contributed by atoms with Crippen LogP contribution in [-0.4, -0.2) is 33.0 Å². The Morgan fingerprint density at radius 1 is 1.59 bits per heavy atom. The van der Waals surface area contributed by atoms with Gasteiger partial charge in [-0.2, -0.15) is 0 Å². The maximum absolute atomic E-state index is 10.0. The molecule has 1 saturated heterocycles. The molecule has 2 rings (SSSR count). The first-order valence-corrected chi connectivity index (χ1v) is 5.68. The number of nitrogens with two attached hydrogens (primary N) is 1. The van der Waals surface area contributed by atoms with Gasteiger partial charge >= 0.3 is 0 Å². The Bertz CT molecular complexity index is 394. The Hall–Kier alpha value is -1.17. The van der Waals surface area contributed by atoms with E-state index in [2.05, 4.69) is 4.98 Å². The molecule has 94 valence electrons. The normalized spacial score (nSPS) is 38.0. The van der Waals surface area contributed by atoms with E-state index < -0.39 is 17.8 Å². The average molecular weight is 238 g/mol. The number of nitrogens with zero attached hydrogens (tertiary/aromatic N) is 1. The number of aromatic nitrogens is 1. The largest absolute Gasteiger partial charge is 0.397 e. The predicted molar refractivity (Wildman–Crippen MR) is 63.2 cm³/mol. The Balaban J connectivity index is 2.24. The smallest absolute Gasteiger partial charge is 0.114 e. The van der Waals surface area contributed by atoms with Crippen molar-refractivity contribution in [1.29, 1.82) is 0 Å². The van der Waals surface area contributed by atoms with Crippen LogP contribution in [0, 0.1) is 0 Å². The number of rotatable bonds is 1. The summed E-state index contributed by atoms with van der Waals surface area (Å²) in [4.78, 5) is 3.91. The molecule has 4 atom stereocenters. The molecule has 0 unspecified atom stereocenters. The van der Waals surface area contributed by atoms with Crippen LogP contribution < -0.4 is 5.73 Å². The fourth-order valence-corrected chi connectivity index (χ4v) is 2.06. The molecule has 0 aliphatic carbocycles. The van der Waals surface area contributed by atoms with Crippen LogP contribution in [0.2, 0.25) is 0 Å². The number of aliphatic hydroxyl groups is 2. The van der Waals surface area contributed by atoms with Crippen molar-refractivity contribution < 1.29 is 14.9 Å². The van der Waals surface area contributed by atoms with Crippen LogP contribution in [0.5, 0.6) is 0 Å². The molecule has 1 aliphatic rings. The lowest BCUT2D eigenvalue weighted by Crippen LogP contribution is -2.54. The summed E-state index contributed by atoms with van der Waals surface area (Å²) in [5, 5.41) is 20.0. The van der Waals surface area contributed by atoms with E-state index in [4.69, 9.17) is 10.5 Å². The van der Waals surface area contributed by atoms with Crippen LogP contribution in [0.15, 0.2) is 18.5 Å². The van der Waals surface area contributed by atoms with Crippen molar-refractivity contribution in [2.45, 2.75) is 44.2 Å². The van der Waals surface area contributed by atoms with E-state index in [1.54, 1.807) is 32.3 Å². The molecule has 0 bridgehead atoms. The summed E-state index contributed by atoms with van der Waals surface area (Å²) in [7, 11) is 0. The summed E-state index contributed by atoms with van der Waals surface area (Å²) in [6.07, 6.45) is 1.93.